The van der Waals surface area contributed by atoms with Crippen LogP contribution in [-0.2, 0) is 0 Å². The molecule has 0 fully saturated rings. The summed E-state index contributed by atoms with van der Waals surface area (Å²) in [7, 11) is 0. The van der Waals surface area contributed by atoms with E-state index in [1.165, 1.54) is 16.2 Å². The van der Waals surface area contributed by atoms with Crippen LogP contribution in [0.3, 0.4) is 0 Å². The maximum Gasteiger partial charge on any atom is 0.182 e. The van der Waals surface area contributed by atoms with Crippen molar-refractivity contribution in [2.45, 2.75) is 53.2 Å². The van der Waals surface area contributed by atoms with Crippen molar-refractivity contribution in [3.63, 3.8) is 0 Å². The Morgan fingerprint density at radius 3 is 1.76 bits per heavy atom. The monoisotopic (exact) mass is 280 g/mol. The summed E-state index contributed by atoms with van der Waals surface area (Å²) in [5, 5.41) is 2.80. The molecule has 0 N–H and O–H groups in total. The van der Waals surface area contributed by atoms with Crippen LogP contribution in [0.15, 0.2) is 42.5 Å². The molecular formula is C20H29B. The minimum atomic E-state index is 0.621. The van der Waals surface area contributed by atoms with Crippen molar-refractivity contribution in [3.05, 3.63) is 42.5 Å². The number of hydrogen-bond acceptors (Lipinski definition) is 0. The summed E-state index contributed by atoms with van der Waals surface area (Å²) in [6, 6.07) is 15.6. The minimum Gasteiger partial charge on any atom is -0.0718 e. The summed E-state index contributed by atoms with van der Waals surface area (Å²) in [5.74, 6) is 2.78. The van der Waals surface area contributed by atoms with E-state index in [4.69, 9.17) is 0 Å². The average molecular weight is 280 g/mol. The molecule has 0 nitrogen and oxygen atoms in total. The van der Waals surface area contributed by atoms with Crippen molar-refractivity contribution in [1.29, 1.82) is 0 Å². The Balaban J connectivity index is 2.58. The van der Waals surface area contributed by atoms with Gasteiger partial charge in [-0.1, -0.05) is 113 Å². The van der Waals surface area contributed by atoms with Crippen LogP contribution < -0.4 is 5.46 Å². The van der Waals surface area contributed by atoms with Gasteiger partial charge < -0.3 is 0 Å². The molecule has 0 aliphatic heterocycles. The van der Waals surface area contributed by atoms with Crippen molar-refractivity contribution < 1.29 is 0 Å². The summed E-state index contributed by atoms with van der Waals surface area (Å²) in [6.45, 7) is 14.9. The zero-order chi connectivity index (χ0) is 15.6. The van der Waals surface area contributed by atoms with Crippen LogP contribution in [0.25, 0.3) is 10.8 Å². The van der Waals surface area contributed by atoms with Gasteiger partial charge in [-0.15, -0.1) is 0 Å². The molecule has 0 aromatic heterocycles. The number of fused-ring (bicyclic) bond motifs is 1. The first-order chi connectivity index (χ1) is 9.93. The molecule has 21 heavy (non-hydrogen) atoms. The van der Waals surface area contributed by atoms with Crippen LogP contribution in [0, 0.1) is 11.8 Å². The van der Waals surface area contributed by atoms with E-state index in [0.29, 0.717) is 30.2 Å². The van der Waals surface area contributed by atoms with Gasteiger partial charge in [0.1, 0.15) is 0 Å². The van der Waals surface area contributed by atoms with E-state index in [0.717, 1.165) is 0 Å². The third kappa shape index (κ3) is 3.34. The number of hydrogen-bond donors (Lipinski definition) is 0. The molecule has 2 aromatic carbocycles. The molecule has 0 heterocycles. The Morgan fingerprint density at radius 2 is 1.19 bits per heavy atom. The highest BCUT2D eigenvalue weighted by molar-refractivity contribution is 6.78. The Morgan fingerprint density at radius 1 is 0.667 bits per heavy atom. The maximum absolute atomic E-state index is 2.43. The zero-order valence-corrected chi connectivity index (χ0v) is 14.4. The van der Waals surface area contributed by atoms with Gasteiger partial charge in [0, 0.05) is 0 Å². The first-order valence-corrected chi connectivity index (χ1v) is 8.41. The van der Waals surface area contributed by atoms with Crippen LogP contribution in [0.4, 0.5) is 0 Å². The lowest BCUT2D eigenvalue weighted by atomic mass is 9.28. The molecule has 1 heteroatoms. The second-order valence-electron chi connectivity index (χ2n) is 7.30. The Hall–Kier alpha value is -1.24. The molecule has 0 spiro atoms. The standard InChI is InChI=1S/C20H29B/c1-14(2)16(5)21(17(6)15(3)4)20-13-9-11-18-10-7-8-12-19(18)20/h7-17H,1-6H3. The lowest BCUT2D eigenvalue weighted by Gasteiger charge is -2.32. The van der Waals surface area contributed by atoms with Crippen molar-refractivity contribution in [1.82, 2.24) is 0 Å². The van der Waals surface area contributed by atoms with Gasteiger partial charge >= 0.3 is 0 Å². The Kier molecular flexibility index (Phi) is 5.14. The molecule has 0 saturated heterocycles. The van der Waals surface area contributed by atoms with Gasteiger partial charge in [-0.05, 0) is 10.8 Å². The van der Waals surface area contributed by atoms with Gasteiger partial charge in [-0.25, -0.2) is 0 Å². The molecule has 0 bridgehead atoms. The summed E-state index contributed by atoms with van der Waals surface area (Å²) in [4.78, 5) is 0. The van der Waals surface area contributed by atoms with Gasteiger partial charge in [0.15, 0.2) is 6.71 Å². The fourth-order valence-electron chi connectivity index (χ4n) is 3.42. The number of rotatable bonds is 5. The van der Waals surface area contributed by atoms with Crippen molar-refractivity contribution in [2.75, 3.05) is 0 Å². The van der Waals surface area contributed by atoms with Gasteiger partial charge in [0.05, 0.1) is 0 Å². The van der Waals surface area contributed by atoms with E-state index in [-0.39, 0.29) is 0 Å². The first kappa shape index (κ1) is 16.1. The van der Waals surface area contributed by atoms with E-state index in [1.54, 1.807) is 0 Å². The first-order valence-electron chi connectivity index (χ1n) is 8.41. The lowest BCUT2D eigenvalue weighted by Crippen LogP contribution is -2.41. The highest BCUT2D eigenvalue weighted by Crippen LogP contribution is 2.33. The van der Waals surface area contributed by atoms with Crippen molar-refractivity contribution in [2.24, 2.45) is 11.8 Å². The highest BCUT2D eigenvalue weighted by Gasteiger charge is 2.33. The minimum absolute atomic E-state index is 0.621. The summed E-state index contributed by atoms with van der Waals surface area (Å²) in [6.07, 6.45) is 0. The van der Waals surface area contributed by atoms with E-state index in [9.17, 15) is 0 Å². The van der Waals surface area contributed by atoms with Gasteiger partial charge in [0.25, 0.3) is 0 Å². The Bertz CT molecular complexity index is 566. The van der Waals surface area contributed by atoms with E-state index in [1.807, 2.05) is 0 Å². The molecular weight excluding hydrogens is 251 g/mol. The van der Waals surface area contributed by atoms with Gasteiger partial charge in [-0.2, -0.15) is 0 Å². The van der Waals surface area contributed by atoms with Crippen molar-refractivity contribution in [3.8, 4) is 0 Å². The van der Waals surface area contributed by atoms with E-state index < -0.39 is 0 Å². The third-order valence-corrected chi connectivity index (χ3v) is 5.42. The summed E-state index contributed by atoms with van der Waals surface area (Å²) < 4.78 is 0. The fraction of sp³-hybridized carbons (Fsp3) is 0.500. The van der Waals surface area contributed by atoms with Gasteiger partial charge in [0.2, 0.25) is 0 Å². The lowest BCUT2D eigenvalue weighted by molar-refractivity contribution is 0.567. The van der Waals surface area contributed by atoms with Gasteiger partial charge in [-0.3, -0.25) is 0 Å². The van der Waals surface area contributed by atoms with Crippen LogP contribution in [-0.4, -0.2) is 6.71 Å². The molecule has 2 rings (SSSR count). The molecule has 2 aromatic rings. The predicted molar refractivity (Wildman–Crippen MR) is 97.9 cm³/mol. The smallest absolute Gasteiger partial charge is 0.0718 e. The Labute approximate surface area is 131 Å². The molecule has 0 radical (unpaired) electrons. The predicted octanol–water partition coefficient (Wildman–Crippen LogP) is 5.63. The molecule has 0 amide bonds. The molecule has 0 aliphatic rings. The fourth-order valence-corrected chi connectivity index (χ4v) is 3.42. The second kappa shape index (κ2) is 6.68. The SMILES string of the molecule is CC(C)C(C)B(c1cccc2ccccc12)C(C)C(C)C. The summed E-state index contributed by atoms with van der Waals surface area (Å²) in [5.41, 5.74) is 1.54. The topological polar surface area (TPSA) is 0 Å². The molecule has 112 valence electrons. The molecule has 2 atom stereocenters. The van der Waals surface area contributed by atoms with Crippen LogP contribution in [0.2, 0.25) is 11.6 Å². The quantitative estimate of drug-likeness (QED) is 0.622. The molecule has 2 unspecified atom stereocenters. The van der Waals surface area contributed by atoms with Crippen LogP contribution >= 0.6 is 0 Å². The highest BCUT2D eigenvalue weighted by atomic mass is 14.2. The van der Waals surface area contributed by atoms with E-state index >= 15 is 0 Å². The largest absolute Gasteiger partial charge is 0.182 e. The normalized spacial score (nSPS) is 14.7. The van der Waals surface area contributed by atoms with Crippen molar-refractivity contribution >= 4 is 22.9 Å². The van der Waals surface area contributed by atoms with Crippen LogP contribution in [0.5, 0.6) is 0 Å². The van der Waals surface area contributed by atoms with Crippen LogP contribution in [0.1, 0.15) is 41.5 Å². The molecule has 0 aliphatic carbocycles. The summed E-state index contributed by atoms with van der Waals surface area (Å²) >= 11 is 0. The van der Waals surface area contributed by atoms with E-state index in [2.05, 4.69) is 84.0 Å². The molecule has 0 saturated carbocycles. The third-order valence-electron chi connectivity index (χ3n) is 5.42. The number of benzene rings is 2. The maximum atomic E-state index is 2.43. The second-order valence-corrected chi connectivity index (χ2v) is 7.30. The zero-order valence-electron chi connectivity index (χ0n) is 14.4. The average Bonchev–Trinajstić information content (AvgIpc) is 2.47.